The molecule has 3 aliphatic carbocycles. The lowest BCUT2D eigenvalue weighted by Gasteiger charge is -2.64. The van der Waals surface area contributed by atoms with E-state index in [0.717, 1.165) is 48.4 Å². The monoisotopic (exact) mass is 495 g/mol. The van der Waals surface area contributed by atoms with E-state index in [1.807, 2.05) is 14.0 Å². The third-order valence-electron chi connectivity index (χ3n) is 9.40. The molecule has 190 valence electrons. The van der Waals surface area contributed by atoms with Crippen molar-refractivity contribution in [3.05, 3.63) is 58.9 Å². The van der Waals surface area contributed by atoms with Crippen molar-refractivity contribution in [2.45, 2.75) is 51.9 Å². The van der Waals surface area contributed by atoms with Crippen molar-refractivity contribution in [2.75, 3.05) is 18.4 Å². The highest BCUT2D eigenvalue weighted by atomic mass is 16.2. The van der Waals surface area contributed by atoms with E-state index in [9.17, 15) is 9.59 Å². The zero-order valence-corrected chi connectivity index (χ0v) is 21.8. The van der Waals surface area contributed by atoms with Gasteiger partial charge in [0.15, 0.2) is 0 Å². The van der Waals surface area contributed by atoms with Gasteiger partial charge in [0, 0.05) is 43.2 Å². The molecule has 0 radical (unpaired) electrons. The van der Waals surface area contributed by atoms with Crippen LogP contribution in [0.4, 0.5) is 5.69 Å². The second-order valence-corrected chi connectivity index (χ2v) is 11.5. The lowest BCUT2D eigenvalue weighted by molar-refractivity contribution is -0.173. The Morgan fingerprint density at radius 1 is 1.22 bits per heavy atom. The molecule has 2 bridgehead atoms. The quantitative estimate of drug-likeness (QED) is 0.530. The molecule has 3 saturated carbocycles. The molecule has 7 nitrogen and oxygen atoms in total. The standard InChI is InChI=1S/C30H33N5O2/c1-18-25(33-28(36)23-6-4-5-20(11-23)15-31)16-32-27-26(18)24(17-34(27)3)22-7-9-35(10-8-22)29(37)19(2)30-12-21(13-30)14-30/h4-6,11,16-17,19,21-22H,7-10,12-14H2,1-3H3,(H,33,36)/t19-,21?,30?/m0/s1. The van der Waals surface area contributed by atoms with E-state index in [-0.39, 0.29) is 11.8 Å². The van der Waals surface area contributed by atoms with Crippen LogP contribution in [0, 0.1) is 35.5 Å². The third kappa shape index (κ3) is 3.81. The minimum atomic E-state index is -0.261. The van der Waals surface area contributed by atoms with Crippen LogP contribution in [0.3, 0.4) is 0 Å². The average molecular weight is 496 g/mol. The summed E-state index contributed by atoms with van der Waals surface area (Å²) in [5.41, 5.74) is 5.00. The molecule has 2 aromatic heterocycles. The van der Waals surface area contributed by atoms with Crippen LogP contribution in [0.5, 0.6) is 0 Å². The summed E-state index contributed by atoms with van der Waals surface area (Å²) in [4.78, 5) is 32.9. The van der Waals surface area contributed by atoms with E-state index in [1.165, 1.54) is 24.8 Å². The number of amides is 2. The molecule has 7 rings (SSSR count). The predicted molar refractivity (Wildman–Crippen MR) is 142 cm³/mol. The number of carbonyl (C=O) groups is 2. The molecule has 3 aromatic rings. The number of rotatable bonds is 5. The van der Waals surface area contributed by atoms with Gasteiger partial charge in [0.05, 0.1) is 23.5 Å². The molecule has 1 aliphatic heterocycles. The van der Waals surface area contributed by atoms with Crippen LogP contribution in [0.1, 0.15) is 72.0 Å². The summed E-state index contributed by atoms with van der Waals surface area (Å²) in [6, 6.07) is 8.77. The SMILES string of the molecule is Cc1c(NC(=O)c2cccc(C#N)c2)cnc2c1c(C1CCN(C(=O)[C@H](C)C34CC(C3)C4)CC1)cn2C. The molecule has 2 amide bonds. The Morgan fingerprint density at radius 3 is 2.59 bits per heavy atom. The number of fused-ring (bicyclic) bond motifs is 1. The topological polar surface area (TPSA) is 91.0 Å². The normalized spacial score (nSPS) is 23.6. The first kappa shape index (κ1) is 23.7. The number of anilines is 1. The van der Waals surface area contributed by atoms with Crippen molar-refractivity contribution in [3.8, 4) is 6.07 Å². The highest BCUT2D eigenvalue weighted by Crippen LogP contribution is 2.68. The summed E-state index contributed by atoms with van der Waals surface area (Å²) in [6.07, 6.45) is 9.50. The first-order valence-electron chi connectivity index (χ1n) is 13.3. The first-order chi connectivity index (χ1) is 17.8. The molecule has 0 unspecified atom stereocenters. The zero-order valence-electron chi connectivity index (χ0n) is 21.8. The molecule has 4 fully saturated rings. The van der Waals surface area contributed by atoms with Crippen LogP contribution in [0.25, 0.3) is 11.0 Å². The summed E-state index contributed by atoms with van der Waals surface area (Å²) >= 11 is 0. The number of benzene rings is 1. The van der Waals surface area contributed by atoms with E-state index in [1.54, 1.807) is 30.5 Å². The van der Waals surface area contributed by atoms with Gasteiger partial charge in [-0.05, 0) is 85.6 Å². The number of aromatic nitrogens is 2. The minimum Gasteiger partial charge on any atom is -0.342 e. The Labute approximate surface area is 217 Å². The van der Waals surface area contributed by atoms with Crippen LogP contribution in [-0.2, 0) is 11.8 Å². The van der Waals surface area contributed by atoms with Gasteiger partial charge in [-0.2, -0.15) is 5.26 Å². The minimum absolute atomic E-state index is 0.151. The van der Waals surface area contributed by atoms with E-state index in [2.05, 4.69) is 39.0 Å². The number of pyridine rings is 1. The van der Waals surface area contributed by atoms with Crippen LogP contribution in [0.15, 0.2) is 36.7 Å². The maximum Gasteiger partial charge on any atom is 0.255 e. The summed E-state index contributed by atoms with van der Waals surface area (Å²) in [5, 5.41) is 13.2. The number of carbonyl (C=O) groups excluding carboxylic acids is 2. The molecular formula is C30H33N5O2. The molecule has 4 aliphatic rings. The molecule has 0 spiro atoms. The van der Waals surface area contributed by atoms with Gasteiger partial charge in [0.1, 0.15) is 5.65 Å². The summed E-state index contributed by atoms with van der Waals surface area (Å²) in [5.74, 6) is 1.47. The van der Waals surface area contributed by atoms with Gasteiger partial charge in [-0.25, -0.2) is 4.98 Å². The molecule has 1 saturated heterocycles. The predicted octanol–water partition coefficient (Wildman–Crippen LogP) is 5.15. The van der Waals surface area contributed by atoms with Gasteiger partial charge in [-0.3, -0.25) is 9.59 Å². The van der Waals surface area contributed by atoms with Crippen molar-refractivity contribution in [3.63, 3.8) is 0 Å². The smallest absolute Gasteiger partial charge is 0.255 e. The summed E-state index contributed by atoms with van der Waals surface area (Å²) < 4.78 is 2.06. The number of hydrogen-bond acceptors (Lipinski definition) is 4. The number of aryl methyl sites for hydroxylation is 2. The van der Waals surface area contributed by atoms with Gasteiger partial charge in [-0.1, -0.05) is 13.0 Å². The fraction of sp³-hybridized carbons (Fsp3) is 0.467. The van der Waals surface area contributed by atoms with Crippen LogP contribution in [0.2, 0.25) is 0 Å². The van der Waals surface area contributed by atoms with E-state index >= 15 is 0 Å². The Hall–Kier alpha value is -3.66. The lowest BCUT2D eigenvalue weighted by atomic mass is 9.40. The maximum atomic E-state index is 13.2. The van der Waals surface area contributed by atoms with Crippen molar-refractivity contribution in [1.82, 2.24) is 14.5 Å². The number of likely N-dealkylation sites (tertiary alicyclic amines) is 1. The van der Waals surface area contributed by atoms with Gasteiger partial charge >= 0.3 is 0 Å². The second kappa shape index (κ2) is 8.72. The van der Waals surface area contributed by atoms with Crippen molar-refractivity contribution >= 4 is 28.5 Å². The average Bonchev–Trinajstić information content (AvgIpc) is 3.20. The van der Waals surface area contributed by atoms with Gasteiger partial charge < -0.3 is 14.8 Å². The van der Waals surface area contributed by atoms with Crippen LogP contribution >= 0.6 is 0 Å². The summed E-state index contributed by atoms with van der Waals surface area (Å²) in [7, 11) is 2.01. The highest BCUT2D eigenvalue weighted by molar-refractivity contribution is 6.06. The molecular weight excluding hydrogens is 462 g/mol. The van der Waals surface area contributed by atoms with E-state index in [4.69, 9.17) is 5.26 Å². The Kier molecular flexibility index (Phi) is 5.59. The Bertz CT molecular complexity index is 1440. The molecule has 1 atom stereocenters. The molecule has 1 aromatic carbocycles. The maximum absolute atomic E-state index is 13.2. The van der Waals surface area contributed by atoms with Crippen LogP contribution in [-0.4, -0.2) is 39.4 Å². The molecule has 1 N–H and O–H groups in total. The number of nitrogens with one attached hydrogen (secondary N) is 1. The van der Waals surface area contributed by atoms with Crippen LogP contribution < -0.4 is 5.32 Å². The fourth-order valence-electron chi connectivity index (χ4n) is 6.92. The van der Waals surface area contributed by atoms with Gasteiger partial charge in [0.2, 0.25) is 5.91 Å². The highest BCUT2D eigenvalue weighted by Gasteiger charge is 2.61. The van der Waals surface area contributed by atoms with Crippen molar-refractivity contribution < 1.29 is 9.59 Å². The van der Waals surface area contributed by atoms with E-state index < -0.39 is 0 Å². The third-order valence-corrected chi connectivity index (χ3v) is 9.40. The molecule has 7 heteroatoms. The van der Waals surface area contributed by atoms with E-state index in [0.29, 0.717) is 34.1 Å². The number of piperidine rings is 1. The van der Waals surface area contributed by atoms with Crippen molar-refractivity contribution in [2.24, 2.45) is 24.3 Å². The lowest BCUT2D eigenvalue weighted by Crippen LogP contribution is -2.59. The zero-order chi connectivity index (χ0) is 25.9. The van der Waals surface area contributed by atoms with Gasteiger partial charge in [-0.15, -0.1) is 0 Å². The number of hydrogen-bond donors (Lipinski definition) is 1. The molecule has 3 heterocycles. The Morgan fingerprint density at radius 2 is 1.95 bits per heavy atom. The molecule has 37 heavy (non-hydrogen) atoms. The number of nitriles is 1. The van der Waals surface area contributed by atoms with Crippen molar-refractivity contribution in [1.29, 1.82) is 5.26 Å². The van der Waals surface area contributed by atoms with Gasteiger partial charge in [0.25, 0.3) is 5.91 Å². The Balaban J connectivity index is 1.20. The summed E-state index contributed by atoms with van der Waals surface area (Å²) in [6.45, 7) is 5.76. The fourth-order valence-corrected chi connectivity index (χ4v) is 6.92. The number of nitrogens with zero attached hydrogens (tertiary/aromatic N) is 4. The second-order valence-electron chi connectivity index (χ2n) is 11.5. The first-order valence-corrected chi connectivity index (χ1v) is 13.3. The largest absolute Gasteiger partial charge is 0.342 e.